The van der Waals surface area contributed by atoms with Crippen LogP contribution in [0.1, 0.15) is 36.0 Å². The van der Waals surface area contributed by atoms with E-state index in [4.69, 9.17) is 19.4 Å². The number of thiophene rings is 1. The predicted molar refractivity (Wildman–Crippen MR) is 133 cm³/mol. The fraction of sp³-hybridized carbons (Fsp3) is 0.458. The molecule has 0 unspecified atom stereocenters. The van der Waals surface area contributed by atoms with Gasteiger partial charge in [-0.3, -0.25) is 0 Å². The van der Waals surface area contributed by atoms with Crippen LogP contribution in [0, 0.1) is 13.8 Å². The molecular formula is C24H31N5O3S. The van der Waals surface area contributed by atoms with Gasteiger partial charge in [0.2, 0.25) is 0 Å². The van der Waals surface area contributed by atoms with Crippen molar-refractivity contribution in [2.45, 2.75) is 33.6 Å². The second-order valence-electron chi connectivity index (χ2n) is 8.53. The zero-order valence-electron chi connectivity index (χ0n) is 20.1. The molecule has 1 aliphatic heterocycles. The number of anilines is 2. The van der Waals surface area contributed by atoms with Gasteiger partial charge in [-0.2, -0.15) is 0 Å². The summed E-state index contributed by atoms with van der Waals surface area (Å²) in [5.41, 5.74) is 1.88. The number of aryl methyl sites for hydroxylation is 2. The van der Waals surface area contributed by atoms with E-state index in [2.05, 4.69) is 37.9 Å². The monoisotopic (exact) mass is 469 g/mol. The van der Waals surface area contributed by atoms with Crippen molar-refractivity contribution in [3.05, 3.63) is 34.5 Å². The lowest BCUT2D eigenvalue weighted by Gasteiger charge is -2.36. The van der Waals surface area contributed by atoms with Crippen LogP contribution in [0.3, 0.4) is 0 Å². The number of fused-ring (bicyclic) bond motifs is 1. The molecule has 0 aliphatic carbocycles. The topological polar surface area (TPSA) is 79.8 Å². The molecule has 2 amide bonds. The average Bonchev–Trinajstić information content (AvgIpc) is 3.11. The summed E-state index contributed by atoms with van der Waals surface area (Å²) in [4.78, 5) is 29.1. The number of urea groups is 1. The van der Waals surface area contributed by atoms with Crippen LogP contribution in [0.25, 0.3) is 10.2 Å². The molecule has 4 rings (SSSR count). The van der Waals surface area contributed by atoms with Crippen LogP contribution in [0.5, 0.6) is 11.5 Å². The van der Waals surface area contributed by atoms with E-state index in [1.54, 1.807) is 43.8 Å². The van der Waals surface area contributed by atoms with Gasteiger partial charge in [-0.15, -0.1) is 11.3 Å². The maximum atomic E-state index is 12.9. The first-order chi connectivity index (χ1) is 15.8. The SMILES string of the molecule is COc1cc(NC(=O)N2CCN(c3nc(C(C)C)nc4sc(C)c(C)c34)CC2)cc(OC)c1. The summed E-state index contributed by atoms with van der Waals surface area (Å²) < 4.78 is 10.6. The Kier molecular flexibility index (Phi) is 6.60. The van der Waals surface area contributed by atoms with Gasteiger partial charge < -0.3 is 24.6 Å². The fourth-order valence-electron chi connectivity index (χ4n) is 3.94. The smallest absolute Gasteiger partial charge is 0.321 e. The first-order valence-electron chi connectivity index (χ1n) is 11.1. The van der Waals surface area contributed by atoms with Gasteiger partial charge in [-0.25, -0.2) is 14.8 Å². The summed E-state index contributed by atoms with van der Waals surface area (Å²) in [6.07, 6.45) is 0. The number of amides is 2. The molecule has 0 atom stereocenters. The highest BCUT2D eigenvalue weighted by molar-refractivity contribution is 7.18. The lowest BCUT2D eigenvalue weighted by atomic mass is 10.1. The van der Waals surface area contributed by atoms with Crippen molar-refractivity contribution < 1.29 is 14.3 Å². The molecule has 1 fully saturated rings. The Balaban J connectivity index is 1.50. The highest BCUT2D eigenvalue weighted by atomic mass is 32.1. The summed E-state index contributed by atoms with van der Waals surface area (Å²) in [6.45, 7) is 11.2. The van der Waals surface area contributed by atoms with Crippen LogP contribution in [-0.2, 0) is 0 Å². The Morgan fingerprint density at radius 3 is 2.24 bits per heavy atom. The lowest BCUT2D eigenvalue weighted by Crippen LogP contribution is -2.50. The van der Waals surface area contributed by atoms with E-state index in [-0.39, 0.29) is 11.9 Å². The summed E-state index contributed by atoms with van der Waals surface area (Å²) in [7, 11) is 3.18. The molecule has 33 heavy (non-hydrogen) atoms. The zero-order valence-corrected chi connectivity index (χ0v) is 20.9. The van der Waals surface area contributed by atoms with E-state index in [1.807, 2.05) is 4.90 Å². The normalized spacial score (nSPS) is 14.2. The van der Waals surface area contributed by atoms with E-state index >= 15 is 0 Å². The Morgan fingerprint density at radius 2 is 1.67 bits per heavy atom. The van der Waals surface area contributed by atoms with Gasteiger partial charge in [0.05, 0.1) is 19.6 Å². The number of carbonyl (C=O) groups excluding carboxylic acids is 1. The maximum absolute atomic E-state index is 12.9. The maximum Gasteiger partial charge on any atom is 0.321 e. The molecule has 0 bridgehead atoms. The number of rotatable bonds is 5. The molecule has 1 aliphatic rings. The molecule has 2 aromatic heterocycles. The minimum absolute atomic E-state index is 0.136. The largest absolute Gasteiger partial charge is 0.497 e. The molecule has 8 nitrogen and oxygen atoms in total. The predicted octanol–water partition coefficient (Wildman–Crippen LogP) is 4.80. The number of nitrogens with zero attached hydrogens (tertiary/aromatic N) is 4. The highest BCUT2D eigenvalue weighted by Gasteiger charge is 2.26. The minimum Gasteiger partial charge on any atom is -0.497 e. The number of ether oxygens (including phenoxy) is 2. The number of benzene rings is 1. The molecule has 0 saturated carbocycles. The number of hydrogen-bond acceptors (Lipinski definition) is 7. The molecule has 0 spiro atoms. The van der Waals surface area contributed by atoms with Gasteiger partial charge in [0.25, 0.3) is 0 Å². The molecule has 0 radical (unpaired) electrons. The van der Waals surface area contributed by atoms with E-state index in [0.29, 0.717) is 43.4 Å². The van der Waals surface area contributed by atoms with Crippen molar-refractivity contribution in [3.63, 3.8) is 0 Å². The quantitative estimate of drug-likeness (QED) is 0.578. The summed E-state index contributed by atoms with van der Waals surface area (Å²) in [5, 5.41) is 4.11. The number of piperazine rings is 1. The molecule has 3 aromatic rings. The van der Waals surface area contributed by atoms with Crippen LogP contribution in [0.4, 0.5) is 16.3 Å². The molecule has 1 aromatic carbocycles. The van der Waals surface area contributed by atoms with Crippen molar-refractivity contribution in [1.29, 1.82) is 0 Å². The minimum atomic E-state index is -0.136. The second-order valence-corrected chi connectivity index (χ2v) is 9.73. The Bertz CT molecular complexity index is 1150. The van der Waals surface area contributed by atoms with Gasteiger partial charge in [0.1, 0.15) is 28.0 Å². The second kappa shape index (κ2) is 9.43. The van der Waals surface area contributed by atoms with Crippen molar-refractivity contribution in [2.75, 3.05) is 50.6 Å². The van der Waals surface area contributed by atoms with Crippen molar-refractivity contribution in [1.82, 2.24) is 14.9 Å². The molecule has 1 saturated heterocycles. The molecular weight excluding hydrogens is 438 g/mol. The third-order valence-corrected chi connectivity index (χ3v) is 7.11. The van der Waals surface area contributed by atoms with Crippen LogP contribution in [0.2, 0.25) is 0 Å². The zero-order chi connectivity index (χ0) is 23.7. The molecule has 1 N–H and O–H groups in total. The average molecular weight is 470 g/mol. The van der Waals surface area contributed by atoms with Crippen molar-refractivity contribution in [3.8, 4) is 11.5 Å². The third kappa shape index (κ3) is 4.68. The van der Waals surface area contributed by atoms with Gasteiger partial charge in [0.15, 0.2) is 0 Å². The fourth-order valence-corrected chi connectivity index (χ4v) is 4.97. The van der Waals surface area contributed by atoms with E-state index in [0.717, 1.165) is 21.9 Å². The summed E-state index contributed by atoms with van der Waals surface area (Å²) in [6, 6.07) is 5.20. The number of hydrogen-bond donors (Lipinski definition) is 1. The molecule has 9 heteroatoms. The van der Waals surface area contributed by atoms with E-state index < -0.39 is 0 Å². The van der Waals surface area contributed by atoms with Crippen LogP contribution in [-0.4, -0.2) is 61.3 Å². The standard InChI is InChI=1S/C24H31N5O3S/c1-14(2)21-26-22(20-15(3)16(4)33-23(20)27-21)28-7-9-29(10-8-28)24(30)25-17-11-18(31-5)13-19(12-17)32-6/h11-14H,7-10H2,1-6H3,(H,25,30). The van der Waals surface area contributed by atoms with Gasteiger partial charge >= 0.3 is 6.03 Å². The first kappa shape index (κ1) is 23.1. The van der Waals surface area contributed by atoms with Gasteiger partial charge in [-0.1, -0.05) is 13.8 Å². The van der Waals surface area contributed by atoms with E-state index in [9.17, 15) is 4.79 Å². The number of nitrogens with one attached hydrogen (secondary N) is 1. The van der Waals surface area contributed by atoms with Crippen LogP contribution in [0.15, 0.2) is 18.2 Å². The highest BCUT2D eigenvalue weighted by Crippen LogP contribution is 2.36. The molecule has 176 valence electrons. The van der Waals surface area contributed by atoms with E-state index in [1.165, 1.54) is 10.4 Å². The number of methoxy groups -OCH3 is 2. The first-order valence-corrected chi connectivity index (χ1v) is 11.9. The van der Waals surface area contributed by atoms with Crippen molar-refractivity contribution >= 4 is 39.1 Å². The van der Waals surface area contributed by atoms with Gasteiger partial charge in [0, 0.05) is 60.9 Å². The Hall–Kier alpha value is -3.07. The Morgan fingerprint density at radius 1 is 1.03 bits per heavy atom. The number of carbonyl (C=O) groups is 1. The molecule has 3 heterocycles. The number of aromatic nitrogens is 2. The van der Waals surface area contributed by atoms with Crippen molar-refractivity contribution in [2.24, 2.45) is 0 Å². The van der Waals surface area contributed by atoms with Crippen LogP contribution >= 0.6 is 11.3 Å². The Labute approximate surface area is 198 Å². The lowest BCUT2D eigenvalue weighted by molar-refractivity contribution is 0.208. The summed E-state index contributed by atoms with van der Waals surface area (Å²) >= 11 is 1.73. The van der Waals surface area contributed by atoms with Crippen LogP contribution < -0.4 is 19.7 Å². The van der Waals surface area contributed by atoms with Gasteiger partial charge in [-0.05, 0) is 19.4 Å². The third-order valence-electron chi connectivity index (χ3n) is 6.01. The summed E-state index contributed by atoms with van der Waals surface area (Å²) in [5.74, 6) is 3.37.